The minimum Gasteiger partial charge on any atom is -0.495 e. The highest BCUT2D eigenvalue weighted by molar-refractivity contribution is 5.13. The van der Waals surface area contributed by atoms with Gasteiger partial charge in [0.1, 0.15) is 0 Å². The molecule has 156 valence electrons. The second-order valence-corrected chi connectivity index (χ2v) is 4.55. The average molecular weight is 426 g/mol. The van der Waals surface area contributed by atoms with Crippen LogP contribution in [0.3, 0.4) is 0 Å². The summed E-state index contributed by atoms with van der Waals surface area (Å²) in [5, 5.41) is 0. The van der Waals surface area contributed by atoms with E-state index in [2.05, 4.69) is 11.3 Å². The van der Waals surface area contributed by atoms with E-state index < -0.39 is 48.3 Å². The van der Waals surface area contributed by atoms with Crippen molar-refractivity contribution in [1.82, 2.24) is 0 Å². The van der Waals surface area contributed by atoms with Crippen LogP contribution in [-0.4, -0.2) is 48.3 Å². The Hall–Kier alpha value is -1.51. The molecule has 16 heteroatoms. The maximum Gasteiger partial charge on any atom is 0.460 e. The number of ether oxygens (including phenoxy) is 1. The fourth-order valence-electron chi connectivity index (χ4n) is 1.25. The average Bonchev–Trinajstić information content (AvgIpc) is 2.42. The van der Waals surface area contributed by atoms with Gasteiger partial charge in [-0.3, -0.25) is 0 Å². The molecule has 0 aromatic carbocycles. The van der Waals surface area contributed by atoms with Crippen molar-refractivity contribution in [2.45, 2.75) is 41.7 Å². The van der Waals surface area contributed by atoms with Crippen molar-refractivity contribution in [3.8, 4) is 0 Å². The molecule has 0 aliphatic heterocycles. The number of rotatable bonds is 8. The molecule has 0 saturated carbocycles. The van der Waals surface area contributed by atoms with Crippen LogP contribution in [0.5, 0.6) is 0 Å². The molecule has 26 heavy (non-hydrogen) atoms. The lowest BCUT2D eigenvalue weighted by atomic mass is 9.91. The maximum atomic E-state index is 13.1. The van der Waals surface area contributed by atoms with Gasteiger partial charge in [-0.1, -0.05) is 6.58 Å². The Morgan fingerprint density at radius 1 is 0.538 bits per heavy atom. The summed E-state index contributed by atoms with van der Waals surface area (Å²) in [7, 11) is 0. The molecule has 0 N–H and O–H groups in total. The topological polar surface area (TPSA) is 9.23 Å². The SMILES string of the molecule is C=COCC(F)(F)C(F)(F)C(F)(F)C(F)(F)C(F)(F)C(F)(F)C(F)(F)F. The molecule has 0 amide bonds. The molecule has 0 unspecified atom stereocenters. The van der Waals surface area contributed by atoms with Gasteiger partial charge in [0.05, 0.1) is 6.26 Å². The third kappa shape index (κ3) is 3.14. The molecule has 0 radical (unpaired) electrons. The second kappa shape index (κ2) is 6.28. The maximum absolute atomic E-state index is 13.1. The molecule has 0 heterocycles. The van der Waals surface area contributed by atoms with E-state index in [4.69, 9.17) is 0 Å². The Balaban J connectivity index is 6.37. The van der Waals surface area contributed by atoms with Crippen molar-refractivity contribution in [2.75, 3.05) is 6.61 Å². The lowest BCUT2D eigenvalue weighted by Crippen LogP contribution is -2.73. The lowest BCUT2D eigenvalue weighted by molar-refractivity contribution is -0.453. The van der Waals surface area contributed by atoms with Crippen LogP contribution >= 0.6 is 0 Å². The van der Waals surface area contributed by atoms with E-state index in [1.807, 2.05) is 0 Å². The van der Waals surface area contributed by atoms with Crippen molar-refractivity contribution in [3.63, 3.8) is 0 Å². The second-order valence-electron chi connectivity index (χ2n) is 4.55. The zero-order valence-electron chi connectivity index (χ0n) is 11.6. The molecule has 0 bridgehead atoms. The fourth-order valence-corrected chi connectivity index (χ4v) is 1.25. The first-order valence-corrected chi connectivity index (χ1v) is 5.62. The smallest absolute Gasteiger partial charge is 0.460 e. The summed E-state index contributed by atoms with van der Waals surface area (Å²) < 4.78 is 193. The van der Waals surface area contributed by atoms with Gasteiger partial charge in [0, 0.05) is 0 Å². The van der Waals surface area contributed by atoms with Crippen molar-refractivity contribution in [2.24, 2.45) is 0 Å². The highest BCUT2D eigenvalue weighted by Crippen LogP contribution is 2.62. The van der Waals surface area contributed by atoms with Gasteiger partial charge in [0.2, 0.25) is 0 Å². The van der Waals surface area contributed by atoms with Crippen LogP contribution in [-0.2, 0) is 4.74 Å². The summed E-state index contributed by atoms with van der Waals surface area (Å²) in [5.41, 5.74) is 0. The largest absolute Gasteiger partial charge is 0.495 e. The third-order valence-electron chi connectivity index (χ3n) is 2.78. The molecule has 0 rings (SSSR count). The first-order valence-electron chi connectivity index (χ1n) is 5.62. The van der Waals surface area contributed by atoms with E-state index in [0.29, 0.717) is 0 Å². The predicted octanol–water partition coefficient (Wildman–Crippen LogP) is 5.52. The number of hydrogen-bond donors (Lipinski definition) is 0. The van der Waals surface area contributed by atoms with E-state index in [0.717, 1.165) is 0 Å². The van der Waals surface area contributed by atoms with Crippen molar-refractivity contribution >= 4 is 0 Å². The van der Waals surface area contributed by atoms with Crippen molar-refractivity contribution < 1.29 is 70.6 Å². The highest BCUT2D eigenvalue weighted by Gasteiger charge is 2.93. The summed E-state index contributed by atoms with van der Waals surface area (Å²) >= 11 is 0. The summed E-state index contributed by atoms with van der Waals surface area (Å²) in [6.07, 6.45) is -7.70. The van der Waals surface area contributed by atoms with Crippen LogP contribution in [0.2, 0.25) is 0 Å². The molecule has 0 aromatic heterocycles. The van der Waals surface area contributed by atoms with Gasteiger partial charge in [-0.2, -0.15) is 65.9 Å². The molecule has 0 aliphatic rings. The standard InChI is InChI=1S/C10H5F15O/c1-2-26-3-4(11,12)5(13,14)6(15,16)7(17,18)8(19,20)9(21,22)10(23,24)25/h2H,1,3H2. The van der Waals surface area contributed by atoms with Gasteiger partial charge in [0.25, 0.3) is 0 Å². The molecular formula is C10H5F15O. The monoisotopic (exact) mass is 426 g/mol. The minimum absolute atomic E-state index is 0.0906. The quantitative estimate of drug-likeness (QED) is 0.367. The first-order chi connectivity index (χ1) is 11.1. The van der Waals surface area contributed by atoms with Crippen LogP contribution in [0.25, 0.3) is 0 Å². The van der Waals surface area contributed by atoms with Crippen LogP contribution in [0.15, 0.2) is 12.8 Å². The summed E-state index contributed by atoms with van der Waals surface area (Å²) in [6.45, 7) is -0.390. The van der Waals surface area contributed by atoms with Gasteiger partial charge >= 0.3 is 41.7 Å². The Bertz CT molecular complexity index is 517. The van der Waals surface area contributed by atoms with E-state index in [1.54, 1.807) is 0 Å². The molecule has 0 aliphatic carbocycles. The Morgan fingerprint density at radius 2 is 0.846 bits per heavy atom. The van der Waals surface area contributed by atoms with E-state index in [-0.39, 0.29) is 6.26 Å². The van der Waals surface area contributed by atoms with E-state index in [1.165, 1.54) is 0 Å². The normalized spacial score (nSPS) is 15.8. The number of halogens is 15. The van der Waals surface area contributed by atoms with E-state index >= 15 is 0 Å². The summed E-state index contributed by atoms with van der Waals surface area (Å²) in [4.78, 5) is 0. The summed E-state index contributed by atoms with van der Waals surface area (Å²) in [6, 6.07) is 0. The molecule has 0 atom stereocenters. The summed E-state index contributed by atoms with van der Waals surface area (Å²) in [5.74, 6) is -46.5. The fraction of sp³-hybridized carbons (Fsp3) is 0.800. The van der Waals surface area contributed by atoms with Crippen LogP contribution in [0.1, 0.15) is 0 Å². The van der Waals surface area contributed by atoms with Gasteiger partial charge in [0.15, 0.2) is 6.61 Å². The van der Waals surface area contributed by atoms with Crippen molar-refractivity contribution in [3.05, 3.63) is 12.8 Å². The third-order valence-corrected chi connectivity index (χ3v) is 2.78. The van der Waals surface area contributed by atoms with Gasteiger partial charge in [-0.05, 0) is 0 Å². The van der Waals surface area contributed by atoms with Crippen LogP contribution in [0.4, 0.5) is 65.9 Å². The number of hydrogen-bond acceptors (Lipinski definition) is 1. The molecule has 0 spiro atoms. The van der Waals surface area contributed by atoms with Gasteiger partial charge < -0.3 is 4.74 Å². The van der Waals surface area contributed by atoms with E-state index in [9.17, 15) is 65.9 Å². The Labute approximate surface area is 133 Å². The number of alkyl halides is 15. The lowest BCUT2D eigenvalue weighted by Gasteiger charge is -2.41. The minimum atomic E-state index is -8.28. The molecule has 1 nitrogen and oxygen atoms in total. The molecule has 0 saturated heterocycles. The molecule has 0 aromatic rings. The Kier molecular flexibility index (Phi) is 5.92. The zero-order chi connectivity index (χ0) is 21.6. The Morgan fingerprint density at radius 3 is 1.15 bits per heavy atom. The van der Waals surface area contributed by atoms with Gasteiger partial charge in [-0.25, -0.2) is 0 Å². The highest BCUT2D eigenvalue weighted by atomic mass is 19.4. The zero-order valence-corrected chi connectivity index (χ0v) is 11.6. The predicted molar refractivity (Wildman–Crippen MR) is 51.9 cm³/mol. The van der Waals surface area contributed by atoms with Gasteiger partial charge in [-0.15, -0.1) is 0 Å². The first kappa shape index (κ1) is 24.5. The molecular weight excluding hydrogens is 421 g/mol. The molecule has 0 fully saturated rings. The van der Waals surface area contributed by atoms with Crippen molar-refractivity contribution in [1.29, 1.82) is 0 Å². The van der Waals surface area contributed by atoms with Crippen LogP contribution < -0.4 is 0 Å². The van der Waals surface area contributed by atoms with Crippen LogP contribution in [0, 0.1) is 0 Å².